The molecule has 7 heteroatoms. The summed E-state index contributed by atoms with van der Waals surface area (Å²) in [6, 6.07) is 9.47. The summed E-state index contributed by atoms with van der Waals surface area (Å²) in [6.45, 7) is 2.64. The van der Waals surface area contributed by atoms with Crippen LogP contribution in [-0.2, 0) is 9.53 Å². The second kappa shape index (κ2) is 7.01. The fraction of sp³-hybridized carbons (Fsp3) is 0.421. The molecule has 3 heterocycles. The Morgan fingerprint density at radius 3 is 2.77 bits per heavy atom. The molecule has 0 aliphatic carbocycles. The summed E-state index contributed by atoms with van der Waals surface area (Å²) in [7, 11) is 0. The Kier molecular flexibility index (Phi) is 4.57. The van der Waals surface area contributed by atoms with Crippen LogP contribution in [0.2, 0.25) is 0 Å². The first-order valence-corrected chi connectivity index (χ1v) is 8.78. The molecule has 2 bridgehead atoms. The summed E-state index contributed by atoms with van der Waals surface area (Å²) in [4.78, 5) is 32.3. The maximum Gasteiger partial charge on any atom is 0.317 e. The molecule has 1 amide bonds. The van der Waals surface area contributed by atoms with Crippen molar-refractivity contribution in [3.05, 3.63) is 42.2 Å². The van der Waals surface area contributed by atoms with Gasteiger partial charge in [0.05, 0.1) is 25.8 Å². The van der Waals surface area contributed by atoms with Crippen LogP contribution in [0.15, 0.2) is 36.5 Å². The standard InChI is InChI=1S/C19H21N3O4/c23-18(24)10-21-7-13-8-22(16(9-21)12-26-11-13)19(25)17-5-14-3-1-2-4-15(14)6-20-17/h1-6,13,16H,7-12H2,(H,23,24)/t13-,16-/m0/s1. The molecule has 1 aromatic heterocycles. The number of aliphatic carboxylic acids is 1. The molecule has 136 valence electrons. The van der Waals surface area contributed by atoms with Crippen molar-refractivity contribution in [2.75, 3.05) is 39.4 Å². The van der Waals surface area contributed by atoms with Crippen molar-refractivity contribution in [3.8, 4) is 0 Å². The number of carboxylic acids is 1. The van der Waals surface area contributed by atoms with Gasteiger partial charge in [0.15, 0.2) is 0 Å². The van der Waals surface area contributed by atoms with E-state index in [1.807, 2.05) is 40.1 Å². The summed E-state index contributed by atoms with van der Waals surface area (Å²) >= 11 is 0. The summed E-state index contributed by atoms with van der Waals surface area (Å²) in [6.07, 6.45) is 1.72. The van der Waals surface area contributed by atoms with Gasteiger partial charge in [0.2, 0.25) is 0 Å². The van der Waals surface area contributed by atoms with Gasteiger partial charge >= 0.3 is 5.97 Å². The molecular weight excluding hydrogens is 334 g/mol. The maximum absolute atomic E-state index is 13.1. The lowest BCUT2D eigenvalue weighted by Gasteiger charge is -2.30. The normalized spacial score (nSPS) is 23.6. The van der Waals surface area contributed by atoms with E-state index in [2.05, 4.69) is 4.98 Å². The highest BCUT2D eigenvalue weighted by atomic mass is 16.5. The Balaban J connectivity index is 1.60. The number of carboxylic acid groups (broad SMARTS) is 1. The summed E-state index contributed by atoms with van der Waals surface area (Å²) in [5, 5.41) is 11.1. The van der Waals surface area contributed by atoms with Crippen LogP contribution in [0.5, 0.6) is 0 Å². The maximum atomic E-state index is 13.1. The van der Waals surface area contributed by atoms with Gasteiger partial charge in [-0.1, -0.05) is 24.3 Å². The fourth-order valence-corrected chi connectivity index (χ4v) is 3.86. The highest BCUT2D eigenvalue weighted by molar-refractivity contribution is 5.96. The number of hydrogen-bond acceptors (Lipinski definition) is 5. The number of carbonyl (C=O) groups is 2. The first kappa shape index (κ1) is 16.9. The Labute approximate surface area is 151 Å². The van der Waals surface area contributed by atoms with Gasteiger partial charge in [0, 0.05) is 37.1 Å². The zero-order valence-electron chi connectivity index (χ0n) is 14.4. The van der Waals surface area contributed by atoms with E-state index >= 15 is 0 Å². The average Bonchev–Trinajstić information content (AvgIpc) is 2.91. The van der Waals surface area contributed by atoms with Crippen molar-refractivity contribution < 1.29 is 19.4 Å². The first-order valence-electron chi connectivity index (χ1n) is 8.78. The fourth-order valence-electron chi connectivity index (χ4n) is 3.86. The van der Waals surface area contributed by atoms with E-state index in [0.717, 1.165) is 10.8 Å². The molecule has 0 spiro atoms. The van der Waals surface area contributed by atoms with Crippen molar-refractivity contribution in [1.29, 1.82) is 0 Å². The van der Waals surface area contributed by atoms with Gasteiger partial charge < -0.3 is 14.7 Å². The third kappa shape index (κ3) is 3.40. The number of carbonyl (C=O) groups excluding carboxylic acids is 1. The topological polar surface area (TPSA) is 83.0 Å². The highest BCUT2D eigenvalue weighted by Gasteiger charge is 2.37. The molecule has 0 radical (unpaired) electrons. The smallest absolute Gasteiger partial charge is 0.317 e. The van der Waals surface area contributed by atoms with E-state index in [1.54, 1.807) is 6.20 Å². The molecule has 7 nitrogen and oxygen atoms in total. The molecule has 2 aromatic rings. The van der Waals surface area contributed by atoms with Gasteiger partial charge in [-0.25, -0.2) is 0 Å². The van der Waals surface area contributed by atoms with Crippen molar-refractivity contribution in [3.63, 3.8) is 0 Å². The number of aromatic nitrogens is 1. The molecule has 1 aromatic carbocycles. The summed E-state index contributed by atoms with van der Waals surface area (Å²) in [5.74, 6) is -0.861. The molecule has 0 unspecified atom stereocenters. The van der Waals surface area contributed by atoms with Gasteiger partial charge in [0.1, 0.15) is 5.69 Å². The number of amides is 1. The van der Waals surface area contributed by atoms with Gasteiger partial charge in [-0.2, -0.15) is 0 Å². The minimum atomic E-state index is -0.847. The first-order chi connectivity index (χ1) is 12.6. The van der Waals surface area contributed by atoms with Crippen LogP contribution in [0.3, 0.4) is 0 Å². The van der Waals surface area contributed by atoms with Crippen LogP contribution in [-0.4, -0.2) is 77.2 Å². The van der Waals surface area contributed by atoms with E-state index in [1.165, 1.54) is 0 Å². The Bertz CT molecular complexity index is 840. The second-order valence-corrected chi connectivity index (χ2v) is 7.02. The molecule has 0 saturated carbocycles. The Morgan fingerprint density at radius 1 is 1.15 bits per heavy atom. The van der Waals surface area contributed by atoms with Crippen LogP contribution in [0.1, 0.15) is 10.5 Å². The largest absolute Gasteiger partial charge is 0.480 e. The molecule has 2 fully saturated rings. The molecule has 2 atom stereocenters. The van der Waals surface area contributed by atoms with Crippen LogP contribution in [0.4, 0.5) is 0 Å². The number of benzene rings is 1. The quantitative estimate of drug-likeness (QED) is 0.888. The van der Waals surface area contributed by atoms with Gasteiger partial charge in [0.25, 0.3) is 5.91 Å². The average molecular weight is 355 g/mol. The molecule has 1 N–H and O–H groups in total. The number of rotatable bonds is 3. The minimum absolute atomic E-state index is 0.0107. The lowest BCUT2D eigenvalue weighted by atomic mass is 10.1. The van der Waals surface area contributed by atoms with Crippen LogP contribution in [0.25, 0.3) is 10.8 Å². The number of pyridine rings is 1. The van der Waals surface area contributed by atoms with Crippen molar-refractivity contribution >= 4 is 22.6 Å². The van der Waals surface area contributed by atoms with Crippen molar-refractivity contribution in [2.45, 2.75) is 6.04 Å². The lowest BCUT2D eigenvalue weighted by Crippen LogP contribution is -2.47. The number of fused-ring (bicyclic) bond motifs is 4. The molecular formula is C19H21N3O4. The minimum Gasteiger partial charge on any atom is -0.480 e. The van der Waals surface area contributed by atoms with Crippen LogP contribution >= 0.6 is 0 Å². The molecule has 2 aliphatic rings. The van der Waals surface area contributed by atoms with E-state index in [9.17, 15) is 9.59 Å². The molecule has 2 aliphatic heterocycles. The van der Waals surface area contributed by atoms with Gasteiger partial charge in [-0.3, -0.25) is 19.5 Å². The van der Waals surface area contributed by atoms with E-state index in [0.29, 0.717) is 38.5 Å². The second-order valence-electron chi connectivity index (χ2n) is 7.02. The molecule has 4 rings (SSSR count). The zero-order valence-corrected chi connectivity index (χ0v) is 14.4. The van der Waals surface area contributed by atoms with Gasteiger partial charge in [-0.15, -0.1) is 0 Å². The van der Waals surface area contributed by atoms with Crippen molar-refractivity contribution in [2.24, 2.45) is 5.92 Å². The number of ether oxygens (including phenoxy) is 1. The number of nitrogens with zero attached hydrogens (tertiary/aromatic N) is 3. The predicted octanol–water partition coefficient (Wildman–Crippen LogP) is 1.09. The van der Waals surface area contributed by atoms with E-state index in [-0.39, 0.29) is 24.4 Å². The number of hydrogen-bond donors (Lipinski definition) is 1. The Hall–Kier alpha value is -2.51. The zero-order chi connectivity index (χ0) is 18.1. The summed E-state index contributed by atoms with van der Waals surface area (Å²) in [5.41, 5.74) is 0.418. The van der Waals surface area contributed by atoms with Crippen LogP contribution in [0, 0.1) is 5.92 Å². The van der Waals surface area contributed by atoms with Crippen molar-refractivity contribution in [1.82, 2.24) is 14.8 Å². The lowest BCUT2D eigenvalue weighted by molar-refractivity contribution is -0.138. The van der Waals surface area contributed by atoms with Gasteiger partial charge in [-0.05, 0) is 11.5 Å². The Morgan fingerprint density at radius 2 is 1.96 bits per heavy atom. The predicted molar refractivity (Wildman–Crippen MR) is 95.0 cm³/mol. The molecule has 2 saturated heterocycles. The molecule has 26 heavy (non-hydrogen) atoms. The highest BCUT2D eigenvalue weighted by Crippen LogP contribution is 2.22. The SMILES string of the molecule is O=C(O)CN1C[C@@H]2COC[C@H](C1)N(C(=O)c1cc3ccccc3cn1)C2. The monoisotopic (exact) mass is 355 g/mol. The third-order valence-corrected chi connectivity index (χ3v) is 5.01. The van der Waals surface area contributed by atoms with E-state index < -0.39 is 5.97 Å². The third-order valence-electron chi connectivity index (χ3n) is 5.01. The van der Waals surface area contributed by atoms with Crippen LogP contribution < -0.4 is 0 Å². The van der Waals surface area contributed by atoms with E-state index in [4.69, 9.17) is 9.84 Å². The summed E-state index contributed by atoms with van der Waals surface area (Å²) < 4.78 is 5.71.